The molecule has 6 nitrogen and oxygen atoms in total. The smallest absolute Gasteiger partial charge is 0.167 e. The van der Waals surface area contributed by atoms with E-state index in [2.05, 4.69) is 156 Å². The molecule has 0 atom stereocenters. The van der Waals surface area contributed by atoms with Crippen LogP contribution in [0.5, 0.6) is 0 Å². The Labute approximate surface area is 348 Å². The van der Waals surface area contributed by atoms with Crippen molar-refractivity contribution in [2.75, 3.05) is 0 Å². The Morgan fingerprint density at radius 3 is 1.75 bits per heavy atom. The van der Waals surface area contributed by atoms with Crippen LogP contribution in [0.2, 0.25) is 0 Å². The molecule has 284 valence electrons. The first-order valence-electron chi connectivity index (χ1n) is 20.4. The fourth-order valence-corrected chi connectivity index (χ4v) is 9.13. The quantitative estimate of drug-likeness (QED) is 0.174. The van der Waals surface area contributed by atoms with Crippen molar-refractivity contribution in [3.8, 4) is 51.0 Å². The number of benzene rings is 9. The third-order valence-electron chi connectivity index (χ3n) is 12.0. The predicted molar refractivity (Wildman–Crippen MR) is 248 cm³/mol. The molecule has 61 heavy (non-hydrogen) atoms. The van der Waals surface area contributed by atoms with E-state index in [-0.39, 0.29) is 0 Å². The van der Waals surface area contributed by atoms with Crippen molar-refractivity contribution in [2.24, 2.45) is 0 Å². The summed E-state index contributed by atoms with van der Waals surface area (Å²) in [4.78, 5) is 15.8. The van der Waals surface area contributed by atoms with Crippen LogP contribution in [0.3, 0.4) is 0 Å². The third kappa shape index (κ3) is 5.32. The molecule has 0 N–H and O–H groups in total. The van der Waals surface area contributed by atoms with Gasteiger partial charge in [-0.1, -0.05) is 133 Å². The molecular formula is C55H32N4O2. The minimum Gasteiger partial charge on any atom is -0.456 e. The number of hydrogen-bond donors (Lipinski definition) is 0. The van der Waals surface area contributed by atoms with Crippen LogP contribution < -0.4 is 0 Å². The van der Waals surface area contributed by atoms with E-state index in [1.807, 2.05) is 42.5 Å². The van der Waals surface area contributed by atoms with Crippen molar-refractivity contribution < 1.29 is 8.83 Å². The molecule has 9 aromatic carbocycles. The summed E-state index contributed by atoms with van der Waals surface area (Å²) in [5.74, 6) is 1.60. The van der Waals surface area contributed by atoms with Crippen molar-refractivity contribution in [3.05, 3.63) is 194 Å². The van der Waals surface area contributed by atoms with Crippen molar-refractivity contribution in [3.63, 3.8) is 0 Å². The maximum Gasteiger partial charge on any atom is 0.167 e. The highest BCUT2D eigenvalue weighted by Gasteiger charge is 2.22. The van der Waals surface area contributed by atoms with E-state index in [1.165, 1.54) is 21.5 Å². The van der Waals surface area contributed by atoms with Gasteiger partial charge in [0.15, 0.2) is 17.5 Å². The maximum absolute atomic E-state index is 6.78. The molecule has 0 saturated carbocycles. The minimum absolute atomic E-state index is 0.506. The number of furan rings is 2. The Balaban J connectivity index is 1.10. The Morgan fingerprint density at radius 2 is 0.934 bits per heavy atom. The summed E-state index contributed by atoms with van der Waals surface area (Å²) in [6.45, 7) is 0. The zero-order chi connectivity index (χ0) is 40.0. The van der Waals surface area contributed by atoms with Crippen LogP contribution in [0.15, 0.2) is 203 Å². The van der Waals surface area contributed by atoms with Crippen molar-refractivity contribution >= 4 is 76.5 Å². The lowest BCUT2D eigenvalue weighted by molar-refractivity contribution is 0.668. The SMILES string of the molecule is c1ccc(-c2cccc(-c3nc(-c4ccc5c(c4)oc4ccccc45)nc(-c4cc(-n5c6ccccc6c6cc7ccccc7cc65)cc5c4oc4ccccc45)n3)c2)cc1. The predicted octanol–water partition coefficient (Wildman–Crippen LogP) is 14.6. The summed E-state index contributed by atoms with van der Waals surface area (Å²) in [6.07, 6.45) is 0. The molecule has 4 aromatic heterocycles. The van der Waals surface area contributed by atoms with Gasteiger partial charge in [0.2, 0.25) is 0 Å². The second kappa shape index (κ2) is 13.1. The van der Waals surface area contributed by atoms with Gasteiger partial charge in [0.25, 0.3) is 0 Å². The van der Waals surface area contributed by atoms with Crippen LogP contribution >= 0.6 is 0 Å². The number of nitrogens with zero attached hydrogens (tertiary/aromatic N) is 4. The lowest BCUT2D eigenvalue weighted by Crippen LogP contribution is -2.02. The fraction of sp³-hybridized carbons (Fsp3) is 0. The first-order valence-corrected chi connectivity index (χ1v) is 20.4. The molecule has 0 bridgehead atoms. The van der Waals surface area contributed by atoms with Crippen LogP contribution in [0, 0.1) is 0 Å². The number of aromatic nitrogens is 4. The van der Waals surface area contributed by atoms with Gasteiger partial charge in [0.1, 0.15) is 22.3 Å². The number of para-hydroxylation sites is 3. The first-order chi connectivity index (χ1) is 30.2. The van der Waals surface area contributed by atoms with Gasteiger partial charge in [-0.25, -0.2) is 15.0 Å². The van der Waals surface area contributed by atoms with E-state index in [0.29, 0.717) is 23.1 Å². The van der Waals surface area contributed by atoms with Crippen LogP contribution in [-0.4, -0.2) is 19.5 Å². The molecule has 0 spiro atoms. The molecule has 13 aromatic rings. The van der Waals surface area contributed by atoms with Gasteiger partial charge in [0.05, 0.1) is 16.6 Å². The van der Waals surface area contributed by atoms with E-state index in [1.54, 1.807) is 0 Å². The molecule has 0 aliphatic rings. The Morgan fingerprint density at radius 1 is 0.328 bits per heavy atom. The summed E-state index contributed by atoms with van der Waals surface area (Å²) in [7, 11) is 0. The summed E-state index contributed by atoms with van der Waals surface area (Å²) in [5.41, 5.74) is 11.0. The number of hydrogen-bond acceptors (Lipinski definition) is 5. The largest absolute Gasteiger partial charge is 0.456 e. The van der Waals surface area contributed by atoms with Crippen LogP contribution in [0.1, 0.15) is 0 Å². The molecule has 0 radical (unpaired) electrons. The molecule has 0 unspecified atom stereocenters. The average Bonchev–Trinajstić information content (AvgIpc) is 4.00. The van der Waals surface area contributed by atoms with E-state index >= 15 is 0 Å². The first kappa shape index (κ1) is 33.6. The van der Waals surface area contributed by atoms with Gasteiger partial charge in [-0.3, -0.25) is 0 Å². The number of rotatable bonds is 5. The second-order valence-electron chi connectivity index (χ2n) is 15.6. The van der Waals surface area contributed by atoms with Crippen LogP contribution in [0.4, 0.5) is 0 Å². The number of fused-ring (bicyclic) bond motifs is 10. The highest BCUT2D eigenvalue weighted by atomic mass is 16.3. The molecule has 0 saturated heterocycles. The van der Waals surface area contributed by atoms with Gasteiger partial charge in [-0.15, -0.1) is 0 Å². The molecule has 4 heterocycles. The summed E-state index contributed by atoms with van der Waals surface area (Å²) >= 11 is 0. The second-order valence-corrected chi connectivity index (χ2v) is 15.6. The Kier molecular flexibility index (Phi) is 7.21. The third-order valence-corrected chi connectivity index (χ3v) is 12.0. The van der Waals surface area contributed by atoms with E-state index in [9.17, 15) is 0 Å². The molecule has 0 aliphatic heterocycles. The molecule has 0 fully saturated rings. The lowest BCUT2D eigenvalue weighted by atomic mass is 10.0. The average molecular weight is 781 g/mol. The zero-order valence-electron chi connectivity index (χ0n) is 32.6. The molecule has 13 rings (SSSR count). The van der Waals surface area contributed by atoms with Gasteiger partial charge >= 0.3 is 0 Å². The van der Waals surface area contributed by atoms with Gasteiger partial charge in [-0.05, 0) is 82.6 Å². The van der Waals surface area contributed by atoms with Crippen LogP contribution in [0.25, 0.3) is 127 Å². The van der Waals surface area contributed by atoms with E-state index < -0.39 is 0 Å². The zero-order valence-corrected chi connectivity index (χ0v) is 32.6. The highest BCUT2D eigenvalue weighted by Crippen LogP contribution is 2.42. The summed E-state index contributed by atoms with van der Waals surface area (Å²) in [5, 5.41) is 8.88. The van der Waals surface area contributed by atoms with E-state index in [0.717, 1.165) is 82.8 Å². The van der Waals surface area contributed by atoms with E-state index in [4.69, 9.17) is 23.8 Å². The Hall–Kier alpha value is -8.35. The monoisotopic (exact) mass is 780 g/mol. The highest BCUT2D eigenvalue weighted by molar-refractivity contribution is 6.15. The van der Waals surface area contributed by atoms with Gasteiger partial charge in [-0.2, -0.15) is 0 Å². The Bertz CT molecular complexity index is 3900. The normalized spacial score (nSPS) is 11.9. The lowest BCUT2D eigenvalue weighted by Gasteiger charge is -2.13. The standard InChI is InChI=1S/C55H32N4O2/c1-2-13-33(14-3-1)34-17-12-18-37(27-34)53-56-54(38-25-26-43-41-20-7-10-23-49(41)60-51(43)30-38)58-55(57-53)46-32-39(31-45-42-21-8-11-24-50(42)61-52(45)46)59-47-22-9-6-19-40(47)44-28-35-15-4-5-16-36(35)29-48(44)59/h1-32H. The molecule has 6 heteroatoms. The molecule has 0 amide bonds. The minimum atomic E-state index is 0.506. The maximum atomic E-state index is 6.78. The summed E-state index contributed by atoms with van der Waals surface area (Å²) in [6, 6.07) is 67.5. The molecular weight excluding hydrogens is 749 g/mol. The topological polar surface area (TPSA) is 69.9 Å². The molecule has 0 aliphatic carbocycles. The van der Waals surface area contributed by atoms with Gasteiger partial charge < -0.3 is 13.4 Å². The van der Waals surface area contributed by atoms with Crippen molar-refractivity contribution in [1.82, 2.24) is 19.5 Å². The van der Waals surface area contributed by atoms with Crippen LogP contribution in [-0.2, 0) is 0 Å². The fourth-order valence-electron chi connectivity index (χ4n) is 9.13. The summed E-state index contributed by atoms with van der Waals surface area (Å²) < 4.78 is 15.5. The van der Waals surface area contributed by atoms with Crippen molar-refractivity contribution in [2.45, 2.75) is 0 Å². The van der Waals surface area contributed by atoms with Crippen molar-refractivity contribution in [1.29, 1.82) is 0 Å². The van der Waals surface area contributed by atoms with Gasteiger partial charge in [0, 0.05) is 49.1 Å².